The van der Waals surface area contributed by atoms with E-state index in [0.717, 1.165) is 6.07 Å². The average Bonchev–Trinajstić information content (AvgIpc) is 3.40. The van der Waals surface area contributed by atoms with Gasteiger partial charge in [-0.3, -0.25) is 4.79 Å². The van der Waals surface area contributed by atoms with Crippen LogP contribution >= 0.6 is 0 Å². The Bertz CT molecular complexity index is 1430. The largest absolute Gasteiger partial charge is 0.507 e. The second-order valence-corrected chi connectivity index (χ2v) is 9.19. The van der Waals surface area contributed by atoms with Gasteiger partial charge in [0, 0.05) is 30.9 Å². The van der Waals surface area contributed by atoms with Crippen LogP contribution in [0.5, 0.6) is 23.0 Å². The lowest BCUT2D eigenvalue weighted by Gasteiger charge is -2.41. The molecule has 4 heterocycles. The van der Waals surface area contributed by atoms with Crippen molar-refractivity contribution in [3.8, 4) is 23.0 Å². The minimum atomic E-state index is -1.57. The summed E-state index contributed by atoms with van der Waals surface area (Å²) >= 11 is 0. The molecule has 37 heavy (non-hydrogen) atoms. The summed E-state index contributed by atoms with van der Waals surface area (Å²) in [6.45, 7) is -0.505. The number of aliphatic hydroxyl groups is 4. The summed E-state index contributed by atoms with van der Waals surface area (Å²) in [5, 5.41) is 61.8. The van der Waals surface area contributed by atoms with Crippen molar-refractivity contribution in [3.05, 3.63) is 34.0 Å². The molecular formula is C24H24O13. The highest BCUT2D eigenvalue weighted by atomic mass is 16.7. The lowest BCUT2D eigenvalue weighted by Crippen LogP contribution is -2.60. The molecule has 0 bridgehead atoms. The normalized spacial score (nSPS) is 32.9. The maximum atomic E-state index is 13.4. The Hall–Kier alpha value is -3.17. The van der Waals surface area contributed by atoms with Crippen LogP contribution in [0, 0.1) is 0 Å². The summed E-state index contributed by atoms with van der Waals surface area (Å²) in [5.41, 5.74) is -0.665. The van der Waals surface area contributed by atoms with E-state index < -0.39 is 72.6 Å². The standard InChI is InChI=1S/C24H24O13/c1-32-22-13(5-25)37-24(21(31)20(22)30)34-7-2-8(26)14-10(3-7)35-12-4-11-16(19(29)17(12)18(14)28)15-9(27)6-33-23(15)36-11/h2-4,9,13,15,20-27,29-31H,5-6H2,1H3. The minimum Gasteiger partial charge on any atom is -0.507 e. The highest BCUT2D eigenvalue weighted by Gasteiger charge is 2.48. The molecule has 3 aromatic rings. The van der Waals surface area contributed by atoms with Crippen molar-refractivity contribution < 1.29 is 58.7 Å². The molecule has 8 unspecified atom stereocenters. The number of ether oxygens (including phenoxy) is 5. The van der Waals surface area contributed by atoms with Crippen LogP contribution in [0.1, 0.15) is 11.5 Å². The molecular weight excluding hydrogens is 496 g/mol. The molecule has 13 heteroatoms. The summed E-state index contributed by atoms with van der Waals surface area (Å²) in [5.74, 6) is -1.55. The Morgan fingerprint density at radius 2 is 1.81 bits per heavy atom. The first kappa shape index (κ1) is 24.2. The molecule has 3 aliphatic heterocycles. The Labute approximate surface area is 207 Å². The molecule has 13 nitrogen and oxygen atoms in total. The van der Waals surface area contributed by atoms with Gasteiger partial charge in [0.25, 0.3) is 0 Å². The number of methoxy groups -OCH3 is 1. The topological polar surface area (TPSA) is 198 Å². The molecule has 1 aromatic heterocycles. The predicted octanol–water partition coefficient (Wildman–Crippen LogP) is -0.617. The molecule has 2 fully saturated rings. The van der Waals surface area contributed by atoms with Crippen LogP contribution in [-0.4, -0.2) is 94.1 Å². The summed E-state index contributed by atoms with van der Waals surface area (Å²) in [7, 11) is 1.29. The lowest BCUT2D eigenvalue weighted by atomic mass is 9.93. The molecule has 0 radical (unpaired) electrons. The first-order chi connectivity index (χ1) is 17.7. The van der Waals surface area contributed by atoms with Crippen molar-refractivity contribution in [1.82, 2.24) is 0 Å². The van der Waals surface area contributed by atoms with Gasteiger partial charge in [0.05, 0.1) is 25.2 Å². The van der Waals surface area contributed by atoms with Gasteiger partial charge in [-0.25, -0.2) is 0 Å². The van der Waals surface area contributed by atoms with Crippen molar-refractivity contribution in [1.29, 1.82) is 0 Å². The van der Waals surface area contributed by atoms with Gasteiger partial charge in [0.15, 0.2) is 0 Å². The van der Waals surface area contributed by atoms with Crippen molar-refractivity contribution in [3.63, 3.8) is 0 Å². The number of benzene rings is 2. The third kappa shape index (κ3) is 3.54. The Balaban J connectivity index is 1.41. The van der Waals surface area contributed by atoms with Gasteiger partial charge < -0.3 is 58.7 Å². The van der Waals surface area contributed by atoms with Gasteiger partial charge in [-0.05, 0) is 0 Å². The first-order valence-corrected chi connectivity index (χ1v) is 11.5. The predicted molar refractivity (Wildman–Crippen MR) is 122 cm³/mol. The van der Waals surface area contributed by atoms with Gasteiger partial charge in [-0.1, -0.05) is 0 Å². The Morgan fingerprint density at radius 3 is 2.54 bits per heavy atom. The monoisotopic (exact) mass is 520 g/mol. The van der Waals surface area contributed by atoms with Crippen LogP contribution in [0.15, 0.2) is 27.4 Å². The van der Waals surface area contributed by atoms with E-state index in [1.165, 1.54) is 19.2 Å². The quantitative estimate of drug-likeness (QED) is 0.238. The maximum absolute atomic E-state index is 13.4. The number of aliphatic hydroxyl groups excluding tert-OH is 4. The minimum absolute atomic E-state index is 0.0176. The second kappa shape index (κ2) is 8.70. The van der Waals surface area contributed by atoms with E-state index in [2.05, 4.69) is 0 Å². The zero-order chi connectivity index (χ0) is 26.2. The van der Waals surface area contributed by atoms with Gasteiger partial charge >= 0.3 is 0 Å². The van der Waals surface area contributed by atoms with Crippen LogP contribution in [0.2, 0.25) is 0 Å². The number of hydrogen-bond acceptors (Lipinski definition) is 13. The van der Waals surface area contributed by atoms with Crippen LogP contribution < -0.4 is 14.9 Å². The molecule has 6 N–H and O–H groups in total. The van der Waals surface area contributed by atoms with E-state index >= 15 is 0 Å². The highest BCUT2D eigenvalue weighted by Crippen LogP contribution is 2.51. The average molecular weight is 520 g/mol. The number of phenolic OH excluding ortho intramolecular Hbond substituents is 2. The number of aromatic hydroxyl groups is 2. The second-order valence-electron chi connectivity index (χ2n) is 9.19. The highest BCUT2D eigenvalue weighted by molar-refractivity contribution is 5.98. The van der Waals surface area contributed by atoms with Gasteiger partial charge in [-0.2, -0.15) is 0 Å². The third-order valence-corrected chi connectivity index (χ3v) is 7.06. The molecule has 2 saturated heterocycles. The van der Waals surface area contributed by atoms with Crippen LogP contribution in [0.3, 0.4) is 0 Å². The zero-order valence-electron chi connectivity index (χ0n) is 19.3. The summed E-state index contributed by atoms with van der Waals surface area (Å²) in [6, 6.07) is 3.74. The molecule has 2 aromatic carbocycles. The smallest absolute Gasteiger partial charge is 0.229 e. The van der Waals surface area contributed by atoms with Gasteiger partial charge in [0.1, 0.15) is 69.4 Å². The van der Waals surface area contributed by atoms with E-state index in [4.69, 9.17) is 28.1 Å². The zero-order valence-corrected chi connectivity index (χ0v) is 19.3. The fraction of sp³-hybridized carbons (Fsp3) is 0.458. The van der Waals surface area contributed by atoms with Crippen LogP contribution in [0.4, 0.5) is 0 Å². The summed E-state index contributed by atoms with van der Waals surface area (Å²) in [4.78, 5) is 13.4. The van der Waals surface area contributed by atoms with Crippen LogP contribution in [0.25, 0.3) is 21.9 Å². The van der Waals surface area contributed by atoms with Crippen LogP contribution in [-0.2, 0) is 14.2 Å². The van der Waals surface area contributed by atoms with Crippen molar-refractivity contribution in [2.24, 2.45) is 0 Å². The summed E-state index contributed by atoms with van der Waals surface area (Å²) in [6.07, 6.45) is -8.21. The number of rotatable bonds is 4. The number of hydrogen-bond donors (Lipinski definition) is 6. The Kier molecular flexibility index (Phi) is 5.69. The van der Waals surface area contributed by atoms with Gasteiger partial charge in [0.2, 0.25) is 18.0 Å². The number of phenols is 2. The van der Waals surface area contributed by atoms with Crippen molar-refractivity contribution in [2.45, 2.75) is 49.0 Å². The number of fused-ring (bicyclic) bond motifs is 5. The lowest BCUT2D eigenvalue weighted by molar-refractivity contribution is -0.281. The SMILES string of the molecule is COC1C(CO)OC(Oc2cc(O)c3c(=O)c4c(O)c5c(cc4oc3c2)OC2OCC(O)C52)C(O)C1O. The Morgan fingerprint density at radius 1 is 1.05 bits per heavy atom. The molecule has 0 spiro atoms. The van der Waals surface area contributed by atoms with E-state index in [1.807, 2.05) is 0 Å². The molecule has 0 saturated carbocycles. The van der Waals surface area contributed by atoms with E-state index in [1.54, 1.807) is 0 Å². The summed E-state index contributed by atoms with van der Waals surface area (Å²) < 4.78 is 33.1. The van der Waals surface area contributed by atoms with Crippen molar-refractivity contribution >= 4 is 21.9 Å². The maximum Gasteiger partial charge on any atom is 0.229 e. The van der Waals surface area contributed by atoms with E-state index in [-0.39, 0.29) is 45.6 Å². The van der Waals surface area contributed by atoms with Gasteiger partial charge in [-0.15, -0.1) is 0 Å². The molecule has 0 amide bonds. The molecule has 3 aliphatic rings. The first-order valence-electron chi connectivity index (χ1n) is 11.5. The van der Waals surface area contributed by atoms with E-state index in [0.29, 0.717) is 0 Å². The molecule has 8 atom stereocenters. The van der Waals surface area contributed by atoms with Crippen molar-refractivity contribution in [2.75, 3.05) is 20.3 Å². The fourth-order valence-electron chi connectivity index (χ4n) is 5.27. The molecule has 198 valence electrons. The molecule has 6 rings (SSSR count). The third-order valence-electron chi connectivity index (χ3n) is 7.06. The fourth-order valence-corrected chi connectivity index (χ4v) is 5.27. The molecule has 0 aliphatic carbocycles. The van der Waals surface area contributed by atoms with E-state index in [9.17, 15) is 35.4 Å².